The molecule has 0 atom stereocenters. The van der Waals surface area contributed by atoms with Crippen molar-refractivity contribution in [1.82, 2.24) is 29.5 Å². The van der Waals surface area contributed by atoms with E-state index in [1.807, 2.05) is 0 Å². The molecule has 2 aliphatic rings. The fraction of sp³-hybridized carbons (Fsp3) is 0.500. The fourth-order valence-corrected chi connectivity index (χ4v) is 3.66. The van der Waals surface area contributed by atoms with Crippen molar-refractivity contribution in [3.63, 3.8) is 0 Å². The summed E-state index contributed by atoms with van der Waals surface area (Å²) in [5, 5.41) is 14.6. The Labute approximate surface area is 186 Å². The van der Waals surface area contributed by atoms with Crippen LogP contribution >= 0.6 is 0 Å². The van der Waals surface area contributed by atoms with E-state index >= 15 is 0 Å². The van der Waals surface area contributed by atoms with Gasteiger partial charge in [-0.05, 0) is 38.4 Å². The van der Waals surface area contributed by atoms with Crippen molar-refractivity contribution in [2.45, 2.75) is 45.1 Å². The Morgan fingerprint density at radius 3 is 2.36 bits per heavy atom. The van der Waals surface area contributed by atoms with Crippen molar-refractivity contribution in [3.05, 3.63) is 52.0 Å². The molecular formula is C20H23F3N6O4. The minimum Gasteiger partial charge on any atom is -0.475 e. The van der Waals surface area contributed by atoms with Crippen molar-refractivity contribution in [3.8, 4) is 0 Å². The molecule has 2 aliphatic heterocycles. The number of likely N-dealkylation sites (tertiary alicyclic amines) is 1. The molecular weight excluding hydrogens is 445 g/mol. The Kier molecular flexibility index (Phi) is 7.74. The molecule has 1 saturated heterocycles. The Hall–Kier alpha value is -3.35. The molecule has 0 aliphatic carbocycles. The molecule has 0 spiro atoms. The Morgan fingerprint density at radius 1 is 1.06 bits per heavy atom. The van der Waals surface area contributed by atoms with E-state index in [1.165, 1.54) is 25.2 Å². The predicted octanol–water partition coefficient (Wildman–Crippen LogP) is 1.31. The fourth-order valence-electron chi connectivity index (χ4n) is 3.66. The van der Waals surface area contributed by atoms with Crippen LogP contribution in [0.1, 0.15) is 41.1 Å². The molecule has 2 aromatic heterocycles. The number of carboxylic acids is 1. The maximum atomic E-state index is 12.7. The van der Waals surface area contributed by atoms with Crippen LogP contribution in [0.4, 0.5) is 13.2 Å². The van der Waals surface area contributed by atoms with Gasteiger partial charge in [-0.25, -0.2) is 9.78 Å². The molecule has 4 rings (SSSR count). The highest BCUT2D eigenvalue weighted by Crippen LogP contribution is 2.15. The normalized spacial score (nSPS) is 16.4. The van der Waals surface area contributed by atoms with Crippen LogP contribution in [-0.4, -0.2) is 72.3 Å². The van der Waals surface area contributed by atoms with E-state index in [2.05, 4.69) is 15.1 Å². The van der Waals surface area contributed by atoms with Gasteiger partial charge in [0.1, 0.15) is 5.82 Å². The number of carbonyl (C=O) groups is 2. The number of alkyl halides is 3. The zero-order valence-corrected chi connectivity index (χ0v) is 17.7. The number of carboxylic acid groups (broad SMARTS) is 1. The van der Waals surface area contributed by atoms with Crippen LogP contribution in [0.5, 0.6) is 0 Å². The molecule has 0 saturated carbocycles. The number of hydrogen-bond donors (Lipinski definition) is 1. The van der Waals surface area contributed by atoms with Gasteiger partial charge in [-0.3, -0.25) is 19.1 Å². The molecule has 13 heteroatoms. The smallest absolute Gasteiger partial charge is 0.475 e. The lowest BCUT2D eigenvalue weighted by Crippen LogP contribution is -2.32. The first kappa shape index (κ1) is 24.3. The lowest BCUT2D eigenvalue weighted by molar-refractivity contribution is -0.192. The van der Waals surface area contributed by atoms with Gasteiger partial charge >= 0.3 is 12.1 Å². The lowest BCUT2D eigenvalue weighted by Gasteiger charge is -2.20. The summed E-state index contributed by atoms with van der Waals surface area (Å²) in [6, 6.07) is 3.30. The second-order valence-corrected chi connectivity index (χ2v) is 7.65. The van der Waals surface area contributed by atoms with Crippen LogP contribution in [-0.2, 0) is 24.4 Å². The molecule has 0 radical (unpaired) electrons. The van der Waals surface area contributed by atoms with Crippen molar-refractivity contribution in [2.75, 3.05) is 19.6 Å². The number of nitrogens with zero attached hydrogens (tertiary/aromatic N) is 6. The number of halogens is 3. The Balaban J connectivity index is 0.000000383. The average Bonchev–Trinajstić information content (AvgIpc) is 3.17. The van der Waals surface area contributed by atoms with Crippen molar-refractivity contribution >= 4 is 11.9 Å². The quantitative estimate of drug-likeness (QED) is 0.716. The van der Waals surface area contributed by atoms with Gasteiger partial charge in [0.2, 0.25) is 0 Å². The summed E-state index contributed by atoms with van der Waals surface area (Å²) in [5.41, 5.74) is 1.27. The van der Waals surface area contributed by atoms with E-state index in [0.29, 0.717) is 37.6 Å². The topological polar surface area (TPSA) is 122 Å². The van der Waals surface area contributed by atoms with Gasteiger partial charge in [0.15, 0.2) is 0 Å². The summed E-state index contributed by atoms with van der Waals surface area (Å²) in [6.07, 6.45) is 1.02. The summed E-state index contributed by atoms with van der Waals surface area (Å²) in [7, 11) is 0. The summed E-state index contributed by atoms with van der Waals surface area (Å²) < 4.78 is 33.4. The van der Waals surface area contributed by atoms with E-state index in [1.54, 1.807) is 21.6 Å². The second-order valence-electron chi connectivity index (χ2n) is 7.65. The molecule has 0 unspecified atom stereocenters. The molecule has 4 heterocycles. The molecule has 33 heavy (non-hydrogen) atoms. The van der Waals surface area contributed by atoms with Crippen molar-refractivity contribution < 1.29 is 27.9 Å². The Bertz CT molecular complexity index is 1040. The summed E-state index contributed by atoms with van der Waals surface area (Å²) in [6.45, 7) is 4.32. The van der Waals surface area contributed by atoms with Crippen molar-refractivity contribution in [1.29, 1.82) is 0 Å². The van der Waals surface area contributed by atoms with Crippen molar-refractivity contribution in [2.24, 2.45) is 0 Å². The van der Waals surface area contributed by atoms with E-state index < -0.39 is 12.1 Å². The van der Waals surface area contributed by atoms with Crippen LogP contribution in [0.15, 0.2) is 29.3 Å². The zero-order chi connectivity index (χ0) is 24.0. The van der Waals surface area contributed by atoms with E-state index in [4.69, 9.17) is 14.9 Å². The SMILES string of the molecule is O=C(O)C(F)(F)F.O=C(c1ccnnc1)N1CCCn2c(nc(CN3CCCC3)cc2=O)C1. The predicted molar refractivity (Wildman–Crippen MR) is 108 cm³/mol. The number of aromatic nitrogens is 4. The van der Waals surface area contributed by atoms with E-state index in [0.717, 1.165) is 25.2 Å². The number of amides is 1. The third-order valence-electron chi connectivity index (χ3n) is 5.23. The van der Waals surface area contributed by atoms with Crippen LogP contribution in [0.3, 0.4) is 0 Å². The largest absolute Gasteiger partial charge is 0.490 e. The molecule has 2 aromatic rings. The molecule has 0 bridgehead atoms. The monoisotopic (exact) mass is 468 g/mol. The second kappa shape index (κ2) is 10.5. The minimum absolute atomic E-state index is 0.0240. The molecule has 0 aromatic carbocycles. The maximum Gasteiger partial charge on any atom is 0.490 e. The minimum atomic E-state index is -5.08. The lowest BCUT2D eigenvalue weighted by atomic mass is 10.2. The molecule has 1 fully saturated rings. The number of aliphatic carboxylic acids is 1. The number of carbonyl (C=O) groups excluding carboxylic acids is 1. The highest BCUT2D eigenvalue weighted by atomic mass is 19.4. The average molecular weight is 468 g/mol. The molecule has 1 N–H and O–H groups in total. The first-order valence-corrected chi connectivity index (χ1v) is 10.3. The summed E-state index contributed by atoms with van der Waals surface area (Å²) in [4.78, 5) is 43.0. The Morgan fingerprint density at radius 2 is 1.76 bits per heavy atom. The van der Waals surface area contributed by atoms with Crippen LogP contribution < -0.4 is 5.56 Å². The standard InChI is InChI=1S/C18H22N6O2.C2HF3O2/c25-17-10-15(12-22-6-1-2-7-22)21-16-13-23(8-3-9-24(16)17)18(26)14-4-5-19-20-11-14;3-2(4,5)1(6)7/h4-5,10-11H,1-3,6-9,12-13H2;(H,6,7). The third kappa shape index (κ3) is 6.57. The summed E-state index contributed by atoms with van der Waals surface area (Å²) in [5.74, 6) is -2.19. The van der Waals surface area contributed by atoms with Gasteiger partial charge in [0.25, 0.3) is 11.5 Å². The van der Waals surface area contributed by atoms with Gasteiger partial charge in [0, 0.05) is 25.7 Å². The molecule has 178 valence electrons. The number of rotatable bonds is 3. The maximum absolute atomic E-state index is 12.7. The van der Waals surface area contributed by atoms with Crippen LogP contribution in [0.2, 0.25) is 0 Å². The number of hydrogen-bond acceptors (Lipinski definition) is 7. The van der Waals surface area contributed by atoms with Gasteiger partial charge in [0.05, 0.1) is 30.2 Å². The third-order valence-corrected chi connectivity index (χ3v) is 5.23. The van der Waals surface area contributed by atoms with Gasteiger partial charge < -0.3 is 10.0 Å². The highest BCUT2D eigenvalue weighted by Gasteiger charge is 2.38. The highest BCUT2D eigenvalue weighted by molar-refractivity contribution is 5.93. The summed E-state index contributed by atoms with van der Waals surface area (Å²) >= 11 is 0. The van der Waals surface area contributed by atoms with Crippen LogP contribution in [0.25, 0.3) is 0 Å². The molecule has 1 amide bonds. The first-order chi connectivity index (χ1) is 15.6. The van der Waals surface area contributed by atoms with Gasteiger partial charge in [-0.2, -0.15) is 23.4 Å². The zero-order valence-electron chi connectivity index (χ0n) is 17.7. The first-order valence-electron chi connectivity index (χ1n) is 10.3. The molecule has 10 nitrogen and oxygen atoms in total. The van der Waals surface area contributed by atoms with E-state index in [9.17, 15) is 22.8 Å². The van der Waals surface area contributed by atoms with Gasteiger partial charge in [-0.1, -0.05) is 0 Å². The van der Waals surface area contributed by atoms with Crippen LogP contribution in [0, 0.1) is 0 Å². The number of fused-ring (bicyclic) bond motifs is 1. The van der Waals surface area contributed by atoms with Gasteiger partial charge in [-0.15, -0.1) is 0 Å². The van der Waals surface area contributed by atoms with E-state index in [-0.39, 0.29) is 11.5 Å².